The van der Waals surface area contributed by atoms with E-state index in [1.165, 1.54) is 18.0 Å². The number of nitrogens with zero attached hydrogens (tertiary/aromatic N) is 4. The summed E-state index contributed by atoms with van der Waals surface area (Å²) in [6.45, 7) is 3.59. The van der Waals surface area contributed by atoms with Gasteiger partial charge in [-0.1, -0.05) is 15.9 Å². The highest BCUT2D eigenvalue weighted by Crippen LogP contribution is 2.24. The van der Waals surface area contributed by atoms with Crippen LogP contribution in [-0.4, -0.2) is 41.5 Å². The predicted octanol–water partition coefficient (Wildman–Crippen LogP) is 3.68. The molecule has 0 atom stereocenters. The molecule has 1 aromatic heterocycles. The maximum atomic E-state index is 12.3. The lowest BCUT2D eigenvalue weighted by Crippen LogP contribution is -2.32. The van der Waals surface area contributed by atoms with E-state index in [0.29, 0.717) is 5.56 Å². The van der Waals surface area contributed by atoms with Gasteiger partial charge in [0.1, 0.15) is 11.6 Å². The maximum absolute atomic E-state index is 12.3. The fourth-order valence-corrected chi connectivity index (χ4v) is 3.14. The van der Waals surface area contributed by atoms with E-state index in [-0.39, 0.29) is 18.5 Å². The molecular weight excluding hydrogens is 448 g/mol. The number of aryl methyl sites for hydroxylation is 1. The minimum atomic E-state index is -0.868. The highest BCUT2D eigenvalue weighted by molar-refractivity contribution is 9.10. The first kappa shape index (κ1) is 22.9. The van der Waals surface area contributed by atoms with Crippen LogP contribution in [0.5, 0.6) is 0 Å². The average Bonchev–Trinajstić information content (AvgIpc) is 3.01. The maximum Gasteiger partial charge on any atom is 0.349 e. The van der Waals surface area contributed by atoms with Crippen molar-refractivity contribution in [1.82, 2.24) is 9.47 Å². The van der Waals surface area contributed by atoms with Gasteiger partial charge >= 0.3 is 5.97 Å². The standard InChI is InChI=1S/C22H21BrN4O3/c1-15-11-17(16(2)27(15)20-7-5-19(23)6-8-20)12-18(13-25)22(29)30-14-21(28)26(3)10-4-9-24/h5-8,11-12H,4,10,14H2,1-3H3/b18-12+. The molecule has 8 heteroatoms. The molecule has 0 saturated carbocycles. The lowest BCUT2D eigenvalue weighted by Gasteiger charge is -2.15. The van der Waals surface area contributed by atoms with Gasteiger partial charge in [0.15, 0.2) is 6.61 Å². The number of nitriles is 2. The fourth-order valence-electron chi connectivity index (χ4n) is 2.87. The number of hydrogen-bond acceptors (Lipinski definition) is 5. The van der Waals surface area contributed by atoms with Crippen molar-refractivity contribution in [2.75, 3.05) is 20.2 Å². The lowest BCUT2D eigenvalue weighted by atomic mass is 10.1. The van der Waals surface area contributed by atoms with Gasteiger partial charge < -0.3 is 14.2 Å². The van der Waals surface area contributed by atoms with Crippen molar-refractivity contribution >= 4 is 33.9 Å². The zero-order chi connectivity index (χ0) is 22.3. The molecule has 2 aromatic rings. The summed E-state index contributed by atoms with van der Waals surface area (Å²) in [5, 5.41) is 18.0. The molecule has 0 aliphatic heterocycles. The third-order valence-corrected chi connectivity index (χ3v) is 5.04. The van der Waals surface area contributed by atoms with Crippen LogP contribution in [0, 0.1) is 36.5 Å². The van der Waals surface area contributed by atoms with Crippen LogP contribution in [0.4, 0.5) is 0 Å². The molecular formula is C22H21BrN4O3. The van der Waals surface area contributed by atoms with E-state index in [9.17, 15) is 14.9 Å². The topological polar surface area (TPSA) is 99.1 Å². The van der Waals surface area contributed by atoms with Crippen molar-refractivity contribution in [3.8, 4) is 17.8 Å². The van der Waals surface area contributed by atoms with Crippen molar-refractivity contribution in [3.05, 3.63) is 57.3 Å². The number of hydrogen-bond donors (Lipinski definition) is 0. The Hall–Kier alpha value is -3.36. The van der Waals surface area contributed by atoms with Gasteiger partial charge in [-0.15, -0.1) is 0 Å². The van der Waals surface area contributed by atoms with E-state index in [1.54, 1.807) is 0 Å². The van der Waals surface area contributed by atoms with Crippen LogP contribution < -0.4 is 0 Å². The minimum absolute atomic E-state index is 0.188. The SMILES string of the molecule is Cc1cc(/C=C(\C#N)C(=O)OCC(=O)N(C)CCC#N)c(C)n1-c1ccc(Br)cc1. The van der Waals surface area contributed by atoms with Gasteiger partial charge in [-0.05, 0) is 55.8 Å². The first-order valence-corrected chi connectivity index (χ1v) is 9.92. The van der Waals surface area contributed by atoms with E-state index in [0.717, 1.165) is 21.5 Å². The van der Waals surface area contributed by atoms with Gasteiger partial charge in [-0.3, -0.25) is 4.79 Å². The Bertz CT molecular complexity index is 1060. The van der Waals surface area contributed by atoms with Crippen LogP contribution in [0.15, 0.2) is 40.4 Å². The Morgan fingerprint density at radius 1 is 1.23 bits per heavy atom. The molecule has 1 amide bonds. The Balaban J connectivity index is 2.18. The lowest BCUT2D eigenvalue weighted by molar-refractivity contribution is -0.147. The summed E-state index contributed by atoms with van der Waals surface area (Å²) in [4.78, 5) is 25.5. The number of ether oxygens (including phenoxy) is 1. The van der Waals surface area contributed by atoms with Gasteiger partial charge in [-0.25, -0.2) is 4.79 Å². The molecule has 0 spiro atoms. The first-order chi connectivity index (χ1) is 14.3. The second kappa shape index (κ2) is 10.4. The van der Waals surface area contributed by atoms with Crippen LogP contribution in [0.2, 0.25) is 0 Å². The number of likely N-dealkylation sites (N-methyl/N-ethyl adjacent to an activating group) is 1. The van der Waals surface area contributed by atoms with Crippen molar-refractivity contribution in [2.24, 2.45) is 0 Å². The van der Waals surface area contributed by atoms with Crippen molar-refractivity contribution in [3.63, 3.8) is 0 Å². The Morgan fingerprint density at radius 3 is 2.50 bits per heavy atom. The molecule has 0 bridgehead atoms. The summed E-state index contributed by atoms with van der Waals surface area (Å²) in [6, 6.07) is 13.5. The zero-order valence-electron chi connectivity index (χ0n) is 17.0. The smallest absolute Gasteiger partial charge is 0.349 e. The number of amides is 1. The number of benzene rings is 1. The number of halogens is 1. The quantitative estimate of drug-likeness (QED) is 0.350. The van der Waals surface area contributed by atoms with E-state index in [4.69, 9.17) is 10.00 Å². The van der Waals surface area contributed by atoms with Gasteiger partial charge in [0, 0.05) is 35.1 Å². The second-order valence-electron chi connectivity index (χ2n) is 6.61. The summed E-state index contributed by atoms with van der Waals surface area (Å²) in [7, 11) is 1.52. The van der Waals surface area contributed by atoms with Crippen molar-refractivity contribution in [1.29, 1.82) is 10.5 Å². The molecule has 7 nitrogen and oxygen atoms in total. The molecule has 2 rings (SSSR count). The predicted molar refractivity (Wildman–Crippen MR) is 115 cm³/mol. The van der Waals surface area contributed by atoms with Crippen LogP contribution in [0.25, 0.3) is 11.8 Å². The van der Waals surface area contributed by atoms with E-state index < -0.39 is 18.5 Å². The van der Waals surface area contributed by atoms with Gasteiger partial charge in [0.25, 0.3) is 5.91 Å². The molecule has 0 N–H and O–H groups in total. The Morgan fingerprint density at radius 2 is 1.90 bits per heavy atom. The molecule has 30 heavy (non-hydrogen) atoms. The second-order valence-corrected chi connectivity index (χ2v) is 7.52. The molecule has 0 aliphatic rings. The monoisotopic (exact) mass is 468 g/mol. The third kappa shape index (κ3) is 5.59. The molecule has 0 fully saturated rings. The van der Waals surface area contributed by atoms with E-state index in [2.05, 4.69) is 15.9 Å². The molecule has 0 radical (unpaired) electrons. The summed E-state index contributed by atoms with van der Waals surface area (Å²) < 4.78 is 7.98. The van der Waals surface area contributed by atoms with Crippen LogP contribution in [-0.2, 0) is 14.3 Å². The highest BCUT2D eigenvalue weighted by Gasteiger charge is 2.17. The minimum Gasteiger partial charge on any atom is -0.451 e. The van der Waals surface area contributed by atoms with Crippen molar-refractivity contribution < 1.29 is 14.3 Å². The normalized spacial score (nSPS) is 10.8. The average molecular weight is 469 g/mol. The Kier molecular flexibility index (Phi) is 7.97. The van der Waals surface area contributed by atoms with Gasteiger partial charge in [0.2, 0.25) is 0 Å². The van der Waals surface area contributed by atoms with Crippen LogP contribution in [0.3, 0.4) is 0 Å². The fraction of sp³-hybridized carbons (Fsp3) is 0.273. The third-order valence-electron chi connectivity index (χ3n) is 4.51. The van der Waals surface area contributed by atoms with E-state index in [1.807, 2.05) is 60.9 Å². The molecule has 1 heterocycles. The summed E-state index contributed by atoms with van der Waals surface area (Å²) in [5.41, 5.74) is 3.28. The van der Waals surface area contributed by atoms with E-state index >= 15 is 0 Å². The largest absolute Gasteiger partial charge is 0.451 e. The molecule has 0 aliphatic carbocycles. The first-order valence-electron chi connectivity index (χ1n) is 9.13. The highest BCUT2D eigenvalue weighted by atomic mass is 79.9. The molecule has 0 saturated heterocycles. The zero-order valence-corrected chi connectivity index (χ0v) is 18.6. The number of carbonyl (C=O) groups is 2. The number of rotatable bonds is 7. The number of carbonyl (C=O) groups excluding carboxylic acids is 2. The summed E-state index contributed by atoms with van der Waals surface area (Å²) >= 11 is 3.42. The van der Waals surface area contributed by atoms with Crippen LogP contribution in [0.1, 0.15) is 23.4 Å². The number of esters is 1. The number of aromatic nitrogens is 1. The molecule has 154 valence electrons. The summed E-state index contributed by atoms with van der Waals surface area (Å²) in [5.74, 6) is -1.31. The molecule has 0 unspecified atom stereocenters. The van der Waals surface area contributed by atoms with Gasteiger partial charge in [-0.2, -0.15) is 10.5 Å². The van der Waals surface area contributed by atoms with Crippen LogP contribution >= 0.6 is 15.9 Å². The van der Waals surface area contributed by atoms with Gasteiger partial charge in [0.05, 0.1) is 12.5 Å². The summed E-state index contributed by atoms with van der Waals surface area (Å²) in [6.07, 6.45) is 1.65. The van der Waals surface area contributed by atoms with Crippen molar-refractivity contribution in [2.45, 2.75) is 20.3 Å². The Labute approximate surface area is 183 Å². The molecule has 1 aromatic carbocycles.